The molecule has 1 N–H and O–H groups in total. The highest BCUT2D eigenvalue weighted by molar-refractivity contribution is 9.10. The lowest BCUT2D eigenvalue weighted by Gasteiger charge is -2.24. The monoisotopic (exact) mass is 388 g/mol. The van der Waals surface area contributed by atoms with E-state index in [0.717, 1.165) is 15.7 Å². The molecule has 1 heterocycles. The highest BCUT2D eigenvalue weighted by atomic mass is 79.9. The van der Waals surface area contributed by atoms with Gasteiger partial charge in [0, 0.05) is 22.8 Å². The summed E-state index contributed by atoms with van der Waals surface area (Å²) in [7, 11) is 1.69. The van der Waals surface area contributed by atoms with Crippen LogP contribution >= 0.6 is 15.9 Å². The van der Waals surface area contributed by atoms with E-state index in [1.165, 1.54) is 4.90 Å². The minimum Gasteiger partial charge on any atom is -0.483 e. The van der Waals surface area contributed by atoms with Crippen LogP contribution in [0.5, 0.6) is 5.75 Å². The molecule has 0 saturated carbocycles. The molecule has 0 spiro atoms. The summed E-state index contributed by atoms with van der Waals surface area (Å²) in [6, 6.07) is 12.2. The zero-order valence-corrected chi connectivity index (χ0v) is 15.0. The van der Waals surface area contributed by atoms with E-state index in [-0.39, 0.29) is 18.4 Å². The largest absolute Gasteiger partial charge is 0.483 e. The van der Waals surface area contributed by atoms with E-state index in [9.17, 15) is 9.59 Å². The van der Waals surface area contributed by atoms with Crippen LogP contribution in [0.15, 0.2) is 46.9 Å². The number of likely N-dealkylation sites (N-methyl/N-ethyl adjacent to an activating group) is 1. The van der Waals surface area contributed by atoms with Crippen LogP contribution in [-0.4, -0.2) is 25.5 Å². The molecule has 0 bridgehead atoms. The lowest BCUT2D eigenvalue weighted by atomic mass is 10.0. The van der Waals surface area contributed by atoms with Gasteiger partial charge in [-0.2, -0.15) is 0 Å². The second kappa shape index (κ2) is 6.65. The van der Waals surface area contributed by atoms with Crippen LogP contribution in [0.3, 0.4) is 0 Å². The first-order valence-electron chi connectivity index (χ1n) is 7.52. The Kier molecular flexibility index (Phi) is 4.57. The van der Waals surface area contributed by atoms with Gasteiger partial charge in [-0.25, -0.2) is 0 Å². The summed E-state index contributed by atoms with van der Waals surface area (Å²) in [6.07, 6.45) is 0. The number of carbonyl (C=O) groups excluding carboxylic acids is 2. The van der Waals surface area contributed by atoms with Gasteiger partial charge < -0.3 is 15.0 Å². The number of nitrogens with zero attached hydrogens (tertiary/aromatic N) is 1. The van der Waals surface area contributed by atoms with E-state index in [2.05, 4.69) is 21.2 Å². The maximum absolute atomic E-state index is 13.0. The third kappa shape index (κ3) is 3.14. The summed E-state index contributed by atoms with van der Waals surface area (Å²) in [5.74, 6) is 0.0644. The van der Waals surface area contributed by atoms with E-state index in [4.69, 9.17) is 4.74 Å². The zero-order chi connectivity index (χ0) is 17.3. The molecule has 2 aromatic rings. The van der Waals surface area contributed by atoms with Gasteiger partial charge in [0.15, 0.2) is 6.61 Å². The van der Waals surface area contributed by atoms with Crippen LogP contribution in [0.1, 0.15) is 17.2 Å². The lowest BCUT2D eigenvalue weighted by molar-refractivity contribution is -0.128. The normalized spacial score (nSPS) is 16.5. The van der Waals surface area contributed by atoms with E-state index >= 15 is 0 Å². The molecule has 6 heteroatoms. The van der Waals surface area contributed by atoms with Crippen molar-refractivity contribution in [3.63, 3.8) is 0 Å². The molecular formula is C18H17BrN2O3. The number of anilines is 1. The summed E-state index contributed by atoms with van der Waals surface area (Å²) >= 11 is 3.38. The summed E-state index contributed by atoms with van der Waals surface area (Å²) in [6.45, 7) is 1.80. The van der Waals surface area contributed by atoms with Crippen molar-refractivity contribution in [1.82, 2.24) is 5.32 Å². The quantitative estimate of drug-likeness (QED) is 0.859. The van der Waals surface area contributed by atoms with Gasteiger partial charge in [0.05, 0.1) is 0 Å². The predicted octanol–water partition coefficient (Wildman–Crippen LogP) is 2.97. The molecule has 0 aromatic heterocycles. The average Bonchev–Trinajstić information content (AvgIpc) is 2.74. The van der Waals surface area contributed by atoms with E-state index in [1.807, 2.05) is 49.4 Å². The predicted molar refractivity (Wildman–Crippen MR) is 95.1 cm³/mol. The number of rotatable bonds is 2. The van der Waals surface area contributed by atoms with Gasteiger partial charge >= 0.3 is 0 Å². The van der Waals surface area contributed by atoms with Gasteiger partial charge in [0.1, 0.15) is 11.8 Å². The average molecular weight is 389 g/mol. The third-order valence-electron chi connectivity index (χ3n) is 4.00. The van der Waals surface area contributed by atoms with Gasteiger partial charge in [-0.1, -0.05) is 34.1 Å². The number of amides is 2. The SMILES string of the molecule is Cc1cccc2c1OCC(=O)NC2C(=O)N(C)c1ccc(Br)cc1. The molecule has 2 amide bonds. The van der Waals surface area contributed by atoms with E-state index in [0.29, 0.717) is 11.3 Å². The molecule has 0 aliphatic carbocycles. The zero-order valence-electron chi connectivity index (χ0n) is 13.4. The number of hydrogen-bond donors (Lipinski definition) is 1. The number of aryl methyl sites for hydroxylation is 1. The molecule has 1 unspecified atom stereocenters. The number of ether oxygens (including phenoxy) is 1. The first kappa shape index (κ1) is 16.5. The van der Waals surface area contributed by atoms with Gasteiger partial charge in [-0.15, -0.1) is 0 Å². The maximum Gasteiger partial charge on any atom is 0.258 e. The standard InChI is InChI=1S/C18H17BrN2O3/c1-11-4-3-5-14-16(20-15(22)10-24-17(11)14)18(23)21(2)13-8-6-12(19)7-9-13/h3-9,16H,10H2,1-2H3,(H,20,22). The summed E-state index contributed by atoms with van der Waals surface area (Å²) in [5, 5.41) is 2.76. The Morgan fingerprint density at radius 3 is 2.67 bits per heavy atom. The fourth-order valence-corrected chi connectivity index (χ4v) is 2.96. The van der Waals surface area contributed by atoms with Crippen molar-refractivity contribution < 1.29 is 14.3 Å². The molecule has 3 rings (SSSR count). The van der Waals surface area contributed by atoms with Crippen LogP contribution in [-0.2, 0) is 9.59 Å². The minimum absolute atomic E-state index is 0.0936. The van der Waals surface area contributed by atoms with Gasteiger partial charge in [0.25, 0.3) is 11.8 Å². The number of benzene rings is 2. The number of fused-ring (bicyclic) bond motifs is 1. The van der Waals surface area contributed by atoms with E-state index < -0.39 is 6.04 Å². The molecular weight excluding hydrogens is 372 g/mol. The molecule has 0 saturated heterocycles. The van der Waals surface area contributed by atoms with Crippen molar-refractivity contribution in [3.8, 4) is 5.75 Å². The van der Waals surface area contributed by atoms with Crippen LogP contribution in [0.25, 0.3) is 0 Å². The Balaban J connectivity index is 1.97. The number of para-hydroxylation sites is 1. The molecule has 1 aliphatic heterocycles. The molecule has 0 fully saturated rings. The van der Waals surface area contributed by atoms with Crippen molar-refractivity contribution in [2.24, 2.45) is 0 Å². The molecule has 0 radical (unpaired) electrons. The summed E-state index contributed by atoms with van der Waals surface area (Å²) in [4.78, 5) is 26.5. The van der Waals surface area contributed by atoms with Crippen molar-refractivity contribution in [1.29, 1.82) is 0 Å². The van der Waals surface area contributed by atoms with Gasteiger partial charge in [-0.3, -0.25) is 9.59 Å². The number of hydrogen-bond acceptors (Lipinski definition) is 3. The molecule has 124 valence electrons. The highest BCUT2D eigenvalue weighted by Gasteiger charge is 2.32. The van der Waals surface area contributed by atoms with E-state index in [1.54, 1.807) is 7.05 Å². The Morgan fingerprint density at radius 1 is 1.25 bits per heavy atom. The van der Waals surface area contributed by atoms with Crippen LogP contribution in [0.4, 0.5) is 5.69 Å². The molecule has 5 nitrogen and oxygen atoms in total. The van der Waals surface area contributed by atoms with Gasteiger partial charge in [-0.05, 0) is 36.8 Å². The maximum atomic E-state index is 13.0. The molecule has 24 heavy (non-hydrogen) atoms. The van der Waals surface area contributed by atoms with Crippen LogP contribution in [0.2, 0.25) is 0 Å². The number of halogens is 1. The minimum atomic E-state index is -0.774. The van der Waals surface area contributed by atoms with Crippen molar-refractivity contribution >= 4 is 33.4 Å². The first-order chi connectivity index (χ1) is 11.5. The smallest absolute Gasteiger partial charge is 0.258 e. The molecule has 1 atom stereocenters. The Morgan fingerprint density at radius 2 is 1.96 bits per heavy atom. The first-order valence-corrected chi connectivity index (χ1v) is 8.31. The van der Waals surface area contributed by atoms with Crippen molar-refractivity contribution in [3.05, 3.63) is 58.1 Å². The Hall–Kier alpha value is -2.34. The Bertz CT molecular complexity index is 789. The second-order valence-corrected chi connectivity index (χ2v) is 6.57. The summed E-state index contributed by atoms with van der Waals surface area (Å²) in [5.41, 5.74) is 2.32. The highest BCUT2D eigenvalue weighted by Crippen LogP contribution is 2.32. The molecule has 2 aromatic carbocycles. The number of nitrogens with one attached hydrogen (secondary N) is 1. The number of carbonyl (C=O) groups is 2. The lowest BCUT2D eigenvalue weighted by Crippen LogP contribution is -2.41. The third-order valence-corrected chi connectivity index (χ3v) is 4.53. The Labute approximate surface area is 148 Å². The van der Waals surface area contributed by atoms with Crippen molar-refractivity contribution in [2.75, 3.05) is 18.6 Å². The van der Waals surface area contributed by atoms with Gasteiger partial charge in [0.2, 0.25) is 0 Å². The summed E-state index contributed by atoms with van der Waals surface area (Å²) < 4.78 is 6.52. The van der Waals surface area contributed by atoms with Crippen LogP contribution < -0.4 is 15.0 Å². The van der Waals surface area contributed by atoms with Crippen LogP contribution in [0, 0.1) is 6.92 Å². The fourth-order valence-electron chi connectivity index (χ4n) is 2.70. The topological polar surface area (TPSA) is 58.6 Å². The fraction of sp³-hybridized carbons (Fsp3) is 0.222. The molecule has 1 aliphatic rings. The second-order valence-electron chi connectivity index (χ2n) is 5.66. The van der Waals surface area contributed by atoms with Crippen molar-refractivity contribution in [2.45, 2.75) is 13.0 Å².